The highest BCUT2D eigenvalue weighted by Gasteiger charge is 2.30. The third-order valence-corrected chi connectivity index (χ3v) is 3.13. The largest absolute Gasteiger partial charge is 0.416 e. The highest BCUT2D eigenvalue weighted by Crippen LogP contribution is 2.34. The minimum Gasteiger partial charge on any atom is -0.392 e. The smallest absolute Gasteiger partial charge is 0.392 e. The zero-order chi connectivity index (χ0) is 14.0. The Kier molecular flexibility index (Phi) is 3.83. The van der Waals surface area contributed by atoms with Crippen molar-refractivity contribution in [1.82, 2.24) is 0 Å². The number of benzene rings is 2. The molecular formula is C14H10ClF3O. The van der Waals surface area contributed by atoms with Gasteiger partial charge in [-0.2, -0.15) is 13.2 Å². The van der Waals surface area contributed by atoms with Gasteiger partial charge in [0, 0.05) is 10.6 Å². The fraction of sp³-hybridized carbons (Fsp3) is 0.143. The van der Waals surface area contributed by atoms with Gasteiger partial charge in [-0.15, -0.1) is 0 Å². The molecule has 0 unspecified atom stereocenters. The Morgan fingerprint density at radius 3 is 2.37 bits per heavy atom. The maximum Gasteiger partial charge on any atom is 0.416 e. The lowest BCUT2D eigenvalue weighted by atomic mass is 9.98. The minimum absolute atomic E-state index is 0.328. The molecule has 0 saturated heterocycles. The fourth-order valence-corrected chi connectivity index (χ4v) is 2.09. The van der Waals surface area contributed by atoms with Gasteiger partial charge in [0.05, 0.1) is 12.2 Å². The molecule has 0 aliphatic carbocycles. The molecule has 2 rings (SSSR count). The summed E-state index contributed by atoms with van der Waals surface area (Å²) in [4.78, 5) is 0. The van der Waals surface area contributed by atoms with E-state index in [1.807, 2.05) is 0 Å². The van der Waals surface area contributed by atoms with E-state index in [1.165, 1.54) is 6.07 Å². The zero-order valence-corrected chi connectivity index (χ0v) is 10.5. The number of halogens is 4. The summed E-state index contributed by atoms with van der Waals surface area (Å²) < 4.78 is 38.0. The summed E-state index contributed by atoms with van der Waals surface area (Å²) >= 11 is 5.93. The maximum absolute atomic E-state index is 12.7. The van der Waals surface area contributed by atoms with E-state index in [0.29, 0.717) is 21.7 Å². The Bertz CT molecular complexity index is 593. The maximum atomic E-state index is 12.7. The number of hydrogen-bond acceptors (Lipinski definition) is 1. The second-order valence-electron chi connectivity index (χ2n) is 4.00. The molecule has 100 valence electrons. The van der Waals surface area contributed by atoms with Crippen LogP contribution < -0.4 is 0 Å². The molecule has 1 N–H and O–H groups in total. The van der Waals surface area contributed by atoms with Gasteiger partial charge in [0.1, 0.15) is 0 Å². The van der Waals surface area contributed by atoms with E-state index in [4.69, 9.17) is 11.6 Å². The highest BCUT2D eigenvalue weighted by atomic mass is 35.5. The van der Waals surface area contributed by atoms with E-state index in [9.17, 15) is 18.3 Å². The molecular weight excluding hydrogens is 277 g/mol. The molecule has 0 spiro atoms. The standard InChI is InChI=1S/C14H10ClF3O/c15-13-6-2-5-11(12(13)8-19)9-3-1-4-10(7-9)14(16,17)18/h1-7,19H,8H2. The van der Waals surface area contributed by atoms with Gasteiger partial charge in [-0.25, -0.2) is 0 Å². The van der Waals surface area contributed by atoms with Gasteiger partial charge >= 0.3 is 6.18 Å². The van der Waals surface area contributed by atoms with Crippen molar-refractivity contribution in [3.63, 3.8) is 0 Å². The first-order valence-corrected chi connectivity index (χ1v) is 5.87. The number of aliphatic hydroxyl groups excluding tert-OH is 1. The summed E-state index contributed by atoms with van der Waals surface area (Å²) in [6, 6.07) is 9.80. The van der Waals surface area contributed by atoms with Crippen molar-refractivity contribution in [3.8, 4) is 11.1 Å². The van der Waals surface area contributed by atoms with Gasteiger partial charge in [-0.3, -0.25) is 0 Å². The monoisotopic (exact) mass is 286 g/mol. The molecule has 2 aromatic rings. The van der Waals surface area contributed by atoms with Crippen LogP contribution in [0.25, 0.3) is 11.1 Å². The molecule has 0 bridgehead atoms. The summed E-state index contributed by atoms with van der Waals surface area (Å²) in [6.07, 6.45) is -4.39. The van der Waals surface area contributed by atoms with E-state index in [0.717, 1.165) is 12.1 Å². The average molecular weight is 287 g/mol. The van der Waals surface area contributed by atoms with Crippen molar-refractivity contribution in [2.24, 2.45) is 0 Å². The van der Waals surface area contributed by atoms with Crippen LogP contribution in [-0.2, 0) is 12.8 Å². The lowest BCUT2D eigenvalue weighted by molar-refractivity contribution is -0.137. The molecule has 0 aliphatic rings. The SMILES string of the molecule is OCc1c(Cl)cccc1-c1cccc(C(F)(F)F)c1. The lowest BCUT2D eigenvalue weighted by Crippen LogP contribution is -2.04. The molecule has 0 aromatic heterocycles. The predicted molar refractivity (Wildman–Crippen MR) is 67.8 cm³/mol. The molecule has 0 atom stereocenters. The normalized spacial score (nSPS) is 11.6. The van der Waals surface area contributed by atoms with E-state index >= 15 is 0 Å². The van der Waals surface area contributed by atoms with Crippen LogP contribution in [0.15, 0.2) is 42.5 Å². The van der Waals surface area contributed by atoms with Gasteiger partial charge in [0.15, 0.2) is 0 Å². The first-order chi connectivity index (χ1) is 8.93. The third kappa shape index (κ3) is 2.91. The Morgan fingerprint density at radius 2 is 1.74 bits per heavy atom. The Morgan fingerprint density at radius 1 is 1.05 bits per heavy atom. The highest BCUT2D eigenvalue weighted by molar-refractivity contribution is 6.31. The van der Waals surface area contributed by atoms with Gasteiger partial charge in [0.25, 0.3) is 0 Å². The molecule has 0 aliphatic heterocycles. The summed E-state index contributed by atoms with van der Waals surface area (Å²) in [6.45, 7) is -0.328. The number of aliphatic hydroxyl groups is 1. The summed E-state index contributed by atoms with van der Waals surface area (Å²) in [7, 11) is 0. The molecule has 0 fully saturated rings. The van der Waals surface area contributed by atoms with Crippen molar-refractivity contribution in [2.75, 3.05) is 0 Å². The van der Waals surface area contributed by atoms with E-state index in [-0.39, 0.29) is 6.61 Å². The molecule has 2 aromatic carbocycles. The Hall–Kier alpha value is -1.52. The van der Waals surface area contributed by atoms with Crippen molar-refractivity contribution in [2.45, 2.75) is 12.8 Å². The first-order valence-electron chi connectivity index (χ1n) is 5.49. The van der Waals surface area contributed by atoms with Gasteiger partial charge in [-0.05, 0) is 29.3 Å². The topological polar surface area (TPSA) is 20.2 Å². The minimum atomic E-state index is -4.39. The van der Waals surface area contributed by atoms with Crippen LogP contribution in [0.4, 0.5) is 13.2 Å². The molecule has 19 heavy (non-hydrogen) atoms. The molecule has 0 radical (unpaired) electrons. The quantitative estimate of drug-likeness (QED) is 0.861. The Labute approximate surface area is 113 Å². The van der Waals surface area contributed by atoms with Crippen LogP contribution in [-0.4, -0.2) is 5.11 Å². The number of alkyl halides is 3. The van der Waals surface area contributed by atoms with Crippen molar-refractivity contribution < 1.29 is 18.3 Å². The van der Waals surface area contributed by atoms with Gasteiger partial charge in [0.2, 0.25) is 0 Å². The van der Waals surface area contributed by atoms with Crippen molar-refractivity contribution >= 4 is 11.6 Å². The van der Waals surface area contributed by atoms with Crippen LogP contribution >= 0.6 is 11.6 Å². The molecule has 0 saturated carbocycles. The van der Waals surface area contributed by atoms with Crippen molar-refractivity contribution in [1.29, 1.82) is 0 Å². The van der Waals surface area contributed by atoms with Crippen LogP contribution in [0.2, 0.25) is 5.02 Å². The van der Waals surface area contributed by atoms with Crippen LogP contribution in [0.1, 0.15) is 11.1 Å². The fourth-order valence-electron chi connectivity index (χ4n) is 1.85. The lowest BCUT2D eigenvalue weighted by Gasteiger charge is -2.12. The van der Waals surface area contributed by atoms with E-state index in [1.54, 1.807) is 24.3 Å². The van der Waals surface area contributed by atoms with E-state index in [2.05, 4.69) is 0 Å². The van der Waals surface area contributed by atoms with Gasteiger partial charge in [-0.1, -0.05) is 35.9 Å². The molecule has 5 heteroatoms. The van der Waals surface area contributed by atoms with E-state index < -0.39 is 11.7 Å². The summed E-state index contributed by atoms with van der Waals surface area (Å²) in [5.41, 5.74) is 0.569. The van der Waals surface area contributed by atoms with Crippen LogP contribution in [0.5, 0.6) is 0 Å². The zero-order valence-electron chi connectivity index (χ0n) is 9.71. The Balaban J connectivity index is 2.57. The second kappa shape index (κ2) is 5.23. The first kappa shape index (κ1) is 13.9. The number of rotatable bonds is 2. The summed E-state index contributed by atoms with van der Waals surface area (Å²) in [5, 5.41) is 9.61. The predicted octanol–water partition coefficient (Wildman–Crippen LogP) is 4.52. The third-order valence-electron chi connectivity index (χ3n) is 2.78. The average Bonchev–Trinajstić information content (AvgIpc) is 2.37. The molecule has 1 nitrogen and oxygen atoms in total. The number of hydrogen-bond donors (Lipinski definition) is 1. The van der Waals surface area contributed by atoms with Gasteiger partial charge < -0.3 is 5.11 Å². The molecule has 0 heterocycles. The van der Waals surface area contributed by atoms with Crippen LogP contribution in [0, 0.1) is 0 Å². The second-order valence-corrected chi connectivity index (χ2v) is 4.41. The molecule has 0 amide bonds. The summed E-state index contributed by atoms with van der Waals surface area (Å²) in [5.74, 6) is 0. The van der Waals surface area contributed by atoms with Crippen LogP contribution in [0.3, 0.4) is 0 Å². The van der Waals surface area contributed by atoms with Crippen molar-refractivity contribution in [3.05, 3.63) is 58.6 Å².